The fraction of sp³-hybridized carbons (Fsp3) is 0.591. The number of carbonyl (C=O) groups is 1. The van der Waals surface area contributed by atoms with Crippen molar-refractivity contribution in [2.45, 2.75) is 69.2 Å². The standard InChI is InChI=1S/C22H32N4OS/c1-16(20(27)26-14-8-6-7-9-15-26)28-21-24-23-19(25(21)5)17-10-12-18(13-11-17)22(2,3)4/h10-13,16H,6-9,14-15H2,1-5H3. The topological polar surface area (TPSA) is 51.0 Å². The predicted octanol–water partition coefficient (Wildman–Crippen LogP) is 4.66. The van der Waals surface area contributed by atoms with Crippen molar-refractivity contribution >= 4 is 17.7 Å². The molecule has 152 valence electrons. The fourth-order valence-electron chi connectivity index (χ4n) is 3.54. The van der Waals surface area contributed by atoms with Crippen LogP contribution in [0.5, 0.6) is 0 Å². The van der Waals surface area contributed by atoms with Crippen molar-refractivity contribution in [3.8, 4) is 11.4 Å². The number of likely N-dealkylation sites (tertiary alicyclic amines) is 1. The Bertz CT molecular complexity index is 799. The lowest BCUT2D eigenvalue weighted by molar-refractivity contribution is -0.130. The number of hydrogen-bond donors (Lipinski definition) is 0. The van der Waals surface area contributed by atoms with Crippen molar-refractivity contribution in [3.63, 3.8) is 0 Å². The average Bonchev–Trinajstić information content (AvgIpc) is 2.87. The molecular formula is C22H32N4OS. The summed E-state index contributed by atoms with van der Waals surface area (Å²) in [4.78, 5) is 14.8. The highest BCUT2D eigenvalue weighted by Gasteiger charge is 2.24. The molecule has 0 bridgehead atoms. The molecule has 28 heavy (non-hydrogen) atoms. The molecule has 1 unspecified atom stereocenters. The molecule has 1 atom stereocenters. The van der Waals surface area contributed by atoms with Crippen LogP contribution in [0.4, 0.5) is 0 Å². The summed E-state index contributed by atoms with van der Waals surface area (Å²) in [5, 5.41) is 9.37. The summed E-state index contributed by atoms with van der Waals surface area (Å²) in [5.74, 6) is 1.04. The number of benzene rings is 1. The lowest BCUT2D eigenvalue weighted by Crippen LogP contribution is -2.37. The molecule has 1 fully saturated rings. The van der Waals surface area contributed by atoms with Gasteiger partial charge in [0, 0.05) is 25.7 Å². The van der Waals surface area contributed by atoms with Gasteiger partial charge in [0.2, 0.25) is 5.91 Å². The van der Waals surface area contributed by atoms with E-state index in [1.165, 1.54) is 30.2 Å². The summed E-state index contributed by atoms with van der Waals surface area (Å²) in [5.41, 5.74) is 2.47. The second-order valence-corrected chi connectivity index (χ2v) is 10.0. The van der Waals surface area contributed by atoms with Gasteiger partial charge < -0.3 is 9.47 Å². The van der Waals surface area contributed by atoms with E-state index in [1.807, 2.05) is 23.4 Å². The van der Waals surface area contributed by atoms with E-state index in [9.17, 15) is 4.79 Å². The number of hydrogen-bond acceptors (Lipinski definition) is 4. The fourth-order valence-corrected chi connectivity index (χ4v) is 4.44. The monoisotopic (exact) mass is 400 g/mol. The first-order valence-corrected chi connectivity index (χ1v) is 11.1. The number of carbonyl (C=O) groups excluding carboxylic acids is 1. The van der Waals surface area contributed by atoms with Crippen LogP contribution in [0.3, 0.4) is 0 Å². The van der Waals surface area contributed by atoms with Crippen molar-refractivity contribution in [1.82, 2.24) is 19.7 Å². The minimum Gasteiger partial charge on any atom is -0.342 e. The molecule has 1 aromatic carbocycles. The highest BCUT2D eigenvalue weighted by Crippen LogP contribution is 2.29. The first kappa shape index (κ1) is 20.9. The van der Waals surface area contributed by atoms with Crippen LogP contribution >= 0.6 is 11.8 Å². The molecule has 2 heterocycles. The molecule has 1 aliphatic heterocycles. The van der Waals surface area contributed by atoms with E-state index >= 15 is 0 Å². The van der Waals surface area contributed by atoms with Crippen LogP contribution in [-0.2, 0) is 17.3 Å². The van der Waals surface area contributed by atoms with Gasteiger partial charge in [-0.25, -0.2) is 0 Å². The van der Waals surface area contributed by atoms with Crippen molar-refractivity contribution < 1.29 is 4.79 Å². The number of nitrogens with zero attached hydrogens (tertiary/aromatic N) is 4. The third kappa shape index (κ3) is 4.77. The van der Waals surface area contributed by atoms with E-state index in [4.69, 9.17) is 0 Å². The van der Waals surface area contributed by atoms with Crippen molar-refractivity contribution in [2.75, 3.05) is 13.1 Å². The van der Waals surface area contributed by atoms with Gasteiger partial charge in [-0.15, -0.1) is 10.2 Å². The van der Waals surface area contributed by atoms with E-state index in [0.717, 1.165) is 42.5 Å². The van der Waals surface area contributed by atoms with Crippen LogP contribution in [0, 0.1) is 0 Å². The Labute approximate surface area is 172 Å². The quantitative estimate of drug-likeness (QED) is 0.700. The molecule has 1 amide bonds. The Morgan fingerprint density at radius 3 is 2.21 bits per heavy atom. The highest BCUT2D eigenvalue weighted by molar-refractivity contribution is 8.00. The largest absolute Gasteiger partial charge is 0.342 e. The van der Waals surface area contributed by atoms with E-state index in [0.29, 0.717) is 0 Å². The third-order valence-electron chi connectivity index (χ3n) is 5.39. The molecule has 1 aliphatic rings. The molecule has 2 aromatic rings. The summed E-state index contributed by atoms with van der Waals surface area (Å²) in [6.45, 7) is 10.4. The van der Waals surface area contributed by atoms with Gasteiger partial charge in [0.05, 0.1) is 5.25 Å². The minimum absolute atomic E-state index is 0.128. The number of rotatable bonds is 4. The van der Waals surface area contributed by atoms with Gasteiger partial charge in [-0.05, 0) is 30.7 Å². The molecule has 1 saturated heterocycles. The van der Waals surface area contributed by atoms with Gasteiger partial charge in [-0.1, -0.05) is 69.6 Å². The summed E-state index contributed by atoms with van der Waals surface area (Å²) < 4.78 is 1.99. The zero-order valence-electron chi connectivity index (χ0n) is 17.7. The second-order valence-electron chi connectivity index (χ2n) is 8.69. The maximum Gasteiger partial charge on any atom is 0.235 e. The number of thioether (sulfide) groups is 1. The van der Waals surface area contributed by atoms with Crippen molar-refractivity contribution in [3.05, 3.63) is 29.8 Å². The van der Waals surface area contributed by atoms with Gasteiger partial charge in [0.15, 0.2) is 11.0 Å². The van der Waals surface area contributed by atoms with Crippen LogP contribution in [0.1, 0.15) is 58.9 Å². The van der Waals surface area contributed by atoms with Gasteiger partial charge in [-0.3, -0.25) is 4.79 Å². The van der Waals surface area contributed by atoms with Gasteiger partial charge >= 0.3 is 0 Å². The first-order valence-electron chi connectivity index (χ1n) is 10.2. The van der Waals surface area contributed by atoms with Crippen LogP contribution in [0.15, 0.2) is 29.4 Å². The van der Waals surface area contributed by atoms with Crippen LogP contribution in [0.2, 0.25) is 0 Å². The molecule has 3 rings (SSSR count). The lowest BCUT2D eigenvalue weighted by Gasteiger charge is -2.23. The molecule has 6 heteroatoms. The maximum absolute atomic E-state index is 12.8. The third-order valence-corrected chi connectivity index (χ3v) is 6.51. The van der Waals surface area contributed by atoms with E-state index in [2.05, 4.69) is 55.2 Å². The molecule has 1 aromatic heterocycles. The van der Waals surface area contributed by atoms with Crippen LogP contribution in [0.25, 0.3) is 11.4 Å². The molecule has 0 radical (unpaired) electrons. The first-order chi connectivity index (χ1) is 13.3. The number of aromatic nitrogens is 3. The molecule has 0 saturated carbocycles. The molecular weight excluding hydrogens is 368 g/mol. The maximum atomic E-state index is 12.8. The van der Waals surface area contributed by atoms with Gasteiger partial charge in [-0.2, -0.15) is 0 Å². The Hall–Kier alpha value is -1.82. The smallest absolute Gasteiger partial charge is 0.235 e. The van der Waals surface area contributed by atoms with Crippen molar-refractivity contribution in [1.29, 1.82) is 0 Å². The average molecular weight is 401 g/mol. The summed E-state index contributed by atoms with van der Waals surface area (Å²) in [6, 6.07) is 8.51. The van der Waals surface area contributed by atoms with E-state index in [1.54, 1.807) is 0 Å². The van der Waals surface area contributed by atoms with Gasteiger partial charge in [0.1, 0.15) is 0 Å². The van der Waals surface area contributed by atoms with E-state index < -0.39 is 0 Å². The highest BCUT2D eigenvalue weighted by atomic mass is 32.2. The van der Waals surface area contributed by atoms with Crippen LogP contribution < -0.4 is 0 Å². The van der Waals surface area contributed by atoms with Gasteiger partial charge in [0.25, 0.3) is 0 Å². The normalized spacial score (nSPS) is 16.7. The Morgan fingerprint density at radius 2 is 1.64 bits per heavy atom. The molecule has 5 nitrogen and oxygen atoms in total. The van der Waals surface area contributed by atoms with Crippen LogP contribution in [-0.4, -0.2) is 43.9 Å². The molecule has 0 N–H and O–H groups in total. The minimum atomic E-state index is -0.155. The summed E-state index contributed by atoms with van der Waals surface area (Å²) in [7, 11) is 1.97. The summed E-state index contributed by atoms with van der Waals surface area (Å²) in [6.07, 6.45) is 4.68. The zero-order chi connectivity index (χ0) is 20.3. The summed E-state index contributed by atoms with van der Waals surface area (Å²) >= 11 is 1.50. The Morgan fingerprint density at radius 1 is 1.04 bits per heavy atom. The predicted molar refractivity (Wildman–Crippen MR) is 116 cm³/mol. The van der Waals surface area contributed by atoms with E-state index in [-0.39, 0.29) is 16.6 Å². The molecule has 0 spiro atoms. The lowest BCUT2D eigenvalue weighted by atomic mass is 9.87. The zero-order valence-corrected chi connectivity index (χ0v) is 18.6. The number of amides is 1. The SMILES string of the molecule is CC(Sc1nnc(-c2ccc(C(C)(C)C)cc2)n1C)C(=O)N1CCCCCC1. The van der Waals surface area contributed by atoms with Crippen molar-refractivity contribution in [2.24, 2.45) is 7.05 Å². The Balaban J connectivity index is 1.71. The molecule has 0 aliphatic carbocycles. The second kappa shape index (κ2) is 8.68. The Kier molecular flexibility index (Phi) is 6.48.